The van der Waals surface area contributed by atoms with Gasteiger partial charge < -0.3 is 19.2 Å². The minimum atomic E-state index is -0.207. The number of ether oxygens (including phenoxy) is 1. The molecule has 1 aliphatic heterocycles. The lowest BCUT2D eigenvalue weighted by molar-refractivity contribution is -0.132. The molecule has 1 aliphatic rings. The van der Waals surface area contributed by atoms with E-state index in [2.05, 4.69) is 22.5 Å². The summed E-state index contributed by atoms with van der Waals surface area (Å²) in [5.74, 6) is 1.24. The molecule has 3 aromatic rings. The highest BCUT2D eigenvalue weighted by Gasteiger charge is 2.30. The van der Waals surface area contributed by atoms with Gasteiger partial charge >= 0.3 is 0 Å². The third-order valence-electron chi connectivity index (χ3n) is 7.93. The molecule has 0 bridgehead atoms. The van der Waals surface area contributed by atoms with Gasteiger partial charge in [0.2, 0.25) is 5.91 Å². The van der Waals surface area contributed by atoms with Gasteiger partial charge in [-0.25, -0.2) is 0 Å². The second kappa shape index (κ2) is 11.4. The zero-order valence-electron chi connectivity index (χ0n) is 22.7. The zero-order chi connectivity index (χ0) is 26.7. The lowest BCUT2D eigenvalue weighted by Gasteiger charge is -2.36. The van der Waals surface area contributed by atoms with Crippen LogP contribution in [0.2, 0.25) is 0 Å². The number of ketones is 1. The van der Waals surface area contributed by atoms with E-state index in [9.17, 15) is 14.4 Å². The van der Waals surface area contributed by atoms with Crippen LogP contribution in [0.1, 0.15) is 79.3 Å². The molecule has 37 heavy (non-hydrogen) atoms. The second-order valence-corrected chi connectivity index (χ2v) is 10.3. The molecule has 7 nitrogen and oxygen atoms in total. The Labute approximate surface area is 218 Å². The molecule has 1 N–H and O–H groups in total. The number of para-hydroxylation sites is 1. The maximum atomic E-state index is 13.6. The summed E-state index contributed by atoms with van der Waals surface area (Å²) in [5, 5.41) is 0.956. The number of nitrogens with zero attached hydrogens (tertiary/aromatic N) is 2. The van der Waals surface area contributed by atoms with E-state index in [-0.39, 0.29) is 29.7 Å². The summed E-state index contributed by atoms with van der Waals surface area (Å²) in [5.41, 5.74) is 3.78. The first-order valence-electron chi connectivity index (χ1n) is 13.4. The third-order valence-corrected chi connectivity index (χ3v) is 7.93. The zero-order valence-corrected chi connectivity index (χ0v) is 22.7. The summed E-state index contributed by atoms with van der Waals surface area (Å²) in [6.07, 6.45) is 3.96. The van der Waals surface area contributed by atoms with Gasteiger partial charge in [-0.3, -0.25) is 14.4 Å². The van der Waals surface area contributed by atoms with Crippen molar-refractivity contribution >= 4 is 22.6 Å². The number of aromatic nitrogens is 2. The van der Waals surface area contributed by atoms with E-state index >= 15 is 0 Å². The fraction of sp³-hybridized carbons (Fsp3) is 0.500. The SMILES string of the molecule is CCCC(=O)N1CCC([C@@H](C)n2c(C)c(C(=O)CCc3c(OC)cc(C)[nH]c3=O)c3ccccc32)CC1. The predicted molar refractivity (Wildman–Crippen MR) is 147 cm³/mol. The number of H-pyrrole nitrogens is 1. The number of aryl methyl sites for hydroxylation is 1. The Morgan fingerprint density at radius 2 is 1.84 bits per heavy atom. The highest BCUT2D eigenvalue weighted by Crippen LogP contribution is 2.36. The molecule has 1 saturated heterocycles. The largest absolute Gasteiger partial charge is 0.496 e. The van der Waals surface area contributed by atoms with Crippen molar-refractivity contribution in [3.05, 3.63) is 63.2 Å². The number of rotatable bonds is 9. The summed E-state index contributed by atoms with van der Waals surface area (Å²) in [6, 6.07) is 10.1. The number of hydrogen-bond donors (Lipinski definition) is 1. The molecular weight excluding hydrogens is 466 g/mol. The van der Waals surface area contributed by atoms with Crippen LogP contribution < -0.4 is 10.3 Å². The number of aromatic amines is 1. The van der Waals surface area contributed by atoms with Gasteiger partial charge in [0.05, 0.1) is 12.7 Å². The molecule has 3 heterocycles. The Hall–Kier alpha value is -3.35. The predicted octanol–water partition coefficient (Wildman–Crippen LogP) is 5.37. The number of Topliss-reactive ketones (excluding diaryl/α,β-unsaturated/α-hetero) is 1. The van der Waals surface area contributed by atoms with Crippen molar-refractivity contribution in [2.75, 3.05) is 20.2 Å². The van der Waals surface area contributed by atoms with E-state index in [1.807, 2.05) is 43.9 Å². The average molecular weight is 506 g/mol. The minimum Gasteiger partial charge on any atom is -0.496 e. The van der Waals surface area contributed by atoms with Crippen LogP contribution in [-0.2, 0) is 11.2 Å². The van der Waals surface area contributed by atoms with Crippen molar-refractivity contribution in [2.24, 2.45) is 5.92 Å². The van der Waals surface area contributed by atoms with Gasteiger partial charge in [0.25, 0.3) is 5.56 Å². The Morgan fingerprint density at radius 1 is 1.14 bits per heavy atom. The van der Waals surface area contributed by atoms with E-state index in [1.54, 1.807) is 13.2 Å². The fourth-order valence-electron chi connectivity index (χ4n) is 5.95. The van der Waals surface area contributed by atoms with E-state index in [1.165, 1.54) is 0 Å². The van der Waals surface area contributed by atoms with Crippen LogP contribution in [-0.4, -0.2) is 46.3 Å². The normalized spacial score (nSPS) is 15.2. The molecule has 0 saturated carbocycles. The number of pyridine rings is 1. The van der Waals surface area contributed by atoms with Crippen LogP contribution in [0.4, 0.5) is 0 Å². The molecule has 0 unspecified atom stereocenters. The van der Waals surface area contributed by atoms with Gasteiger partial charge in [-0.1, -0.05) is 25.1 Å². The van der Waals surface area contributed by atoms with Crippen LogP contribution in [0.15, 0.2) is 35.1 Å². The molecule has 1 atom stereocenters. The van der Waals surface area contributed by atoms with Crippen molar-refractivity contribution in [1.29, 1.82) is 0 Å². The Morgan fingerprint density at radius 3 is 2.51 bits per heavy atom. The summed E-state index contributed by atoms with van der Waals surface area (Å²) < 4.78 is 7.73. The number of fused-ring (bicyclic) bond motifs is 1. The standard InChI is InChI=1S/C30H39N3O4/c1-6-9-28(35)32-16-14-22(15-17-32)20(3)33-21(4)29(23-10-7-8-11-25(23)33)26(34)13-12-24-27(37-5)18-19(2)31-30(24)36/h7-8,10-11,18,20,22H,6,9,12-17H2,1-5H3,(H,31,36)/t20-/m1/s1. The molecule has 0 aliphatic carbocycles. The average Bonchev–Trinajstić information content (AvgIpc) is 3.19. The minimum absolute atomic E-state index is 0.0293. The van der Waals surface area contributed by atoms with E-state index in [0.717, 1.165) is 60.2 Å². The lowest BCUT2D eigenvalue weighted by atomic mass is 9.89. The van der Waals surface area contributed by atoms with Gasteiger partial charge in [0, 0.05) is 59.8 Å². The summed E-state index contributed by atoms with van der Waals surface area (Å²) >= 11 is 0. The van der Waals surface area contributed by atoms with Crippen LogP contribution in [0, 0.1) is 19.8 Å². The Bertz CT molecular complexity index is 1340. The number of likely N-dealkylation sites (tertiary alicyclic amines) is 1. The molecule has 1 fully saturated rings. The first kappa shape index (κ1) is 26.7. The number of amides is 1. The molecule has 2 aromatic heterocycles. The maximum absolute atomic E-state index is 13.6. The molecule has 4 rings (SSSR count). The van der Waals surface area contributed by atoms with Crippen LogP contribution >= 0.6 is 0 Å². The summed E-state index contributed by atoms with van der Waals surface area (Å²) in [7, 11) is 1.54. The van der Waals surface area contributed by atoms with E-state index < -0.39 is 0 Å². The first-order valence-corrected chi connectivity index (χ1v) is 13.4. The van der Waals surface area contributed by atoms with E-state index in [4.69, 9.17) is 4.74 Å². The quantitative estimate of drug-likeness (QED) is 0.396. The van der Waals surface area contributed by atoms with Crippen molar-refractivity contribution in [1.82, 2.24) is 14.5 Å². The monoisotopic (exact) mass is 505 g/mol. The highest BCUT2D eigenvalue weighted by molar-refractivity contribution is 6.09. The number of carbonyl (C=O) groups excluding carboxylic acids is 2. The number of carbonyl (C=O) groups is 2. The number of piperidine rings is 1. The lowest BCUT2D eigenvalue weighted by Crippen LogP contribution is -2.40. The van der Waals surface area contributed by atoms with Crippen molar-refractivity contribution in [3.8, 4) is 5.75 Å². The smallest absolute Gasteiger partial charge is 0.255 e. The van der Waals surface area contributed by atoms with Gasteiger partial charge in [-0.2, -0.15) is 0 Å². The first-order chi connectivity index (χ1) is 17.8. The molecule has 0 radical (unpaired) electrons. The highest BCUT2D eigenvalue weighted by atomic mass is 16.5. The molecule has 1 aromatic carbocycles. The summed E-state index contributed by atoms with van der Waals surface area (Å²) in [4.78, 5) is 43.3. The summed E-state index contributed by atoms with van der Waals surface area (Å²) in [6.45, 7) is 9.71. The number of nitrogens with one attached hydrogen (secondary N) is 1. The van der Waals surface area contributed by atoms with E-state index in [0.29, 0.717) is 30.1 Å². The van der Waals surface area contributed by atoms with Gasteiger partial charge in [-0.05, 0) is 64.5 Å². The third kappa shape index (κ3) is 5.36. The van der Waals surface area contributed by atoms with Crippen LogP contribution in [0.5, 0.6) is 5.75 Å². The van der Waals surface area contributed by atoms with Gasteiger partial charge in [0.15, 0.2) is 5.78 Å². The van der Waals surface area contributed by atoms with Crippen molar-refractivity contribution in [3.63, 3.8) is 0 Å². The molecular formula is C30H39N3O4. The van der Waals surface area contributed by atoms with Crippen molar-refractivity contribution in [2.45, 2.75) is 72.3 Å². The second-order valence-electron chi connectivity index (χ2n) is 10.3. The number of hydrogen-bond acceptors (Lipinski definition) is 4. The Kier molecular flexibility index (Phi) is 8.20. The molecule has 7 heteroatoms. The molecule has 1 amide bonds. The van der Waals surface area contributed by atoms with Gasteiger partial charge in [0.1, 0.15) is 5.75 Å². The number of methoxy groups -OCH3 is 1. The van der Waals surface area contributed by atoms with Crippen molar-refractivity contribution < 1.29 is 14.3 Å². The maximum Gasteiger partial charge on any atom is 0.255 e. The Balaban J connectivity index is 1.58. The van der Waals surface area contributed by atoms with Crippen LogP contribution in [0.25, 0.3) is 10.9 Å². The number of benzene rings is 1. The van der Waals surface area contributed by atoms with Crippen LogP contribution in [0.3, 0.4) is 0 Å². The molecule has 0 spiro atoms. The topological polar surface area (TPSA) is 84.4 Å². The van der Waals surface area contributed by atoms with Gasteiger partial charge in [-0.15, -0.1) is 0 Å². The fourth-order valence-corrected chi connectivity index (χ4v) is 5.95. The molecule has 198 valence electrons.